The van der Waals surface area contributed by atoms with Crippen LogP contribution in [-0.4, -0.2) is 38.7 Å². The highest BCUT2D eigenvalue weighted by Crippen LogP contribution is 2.42. The molecule has 6 heteroatoms. The van der Waals surface area contributed by atoms with E-state index in [0.717, 1.165) is 25.9 Å². The smallest absolute Gasteiger partial charge is 0.274 e. The van der Waals surface area contributed by atoms with Crippen LogP contribution in [0.4, 0.5) is 0 Å². The number of carbonyl (C=O) groups excluding carboxylic acids is 1. The van der Waals surface area contributed by atoms with Gasteiger partial charge in [-0.1, -0.05) is 0 Å². The Morgan fingerprint density at radius 3 is 2.38 bits per heavy atom. The second-order valence-corrected chi connectivity index (χ2v) is 9.95. The van der Waals surface area contributed by atoms with Gasteiger partial charge >= 0.3 is 0 Å². The Hall–Kier alpha value is -1.69. The van der Waals surface area contributed by atoms with Crippen LogP contribution in [0.15, 0.2) is 12.3 Å². The number of aryl methyl sites for hydroxylation is 1. The summed E-state index contributed by atoms with van der Waals surface area (Å²) in [4.78, 5) is 20.8. The third-order valence-corrected chi connectivity index (χ3v) is 6.43. The maximum absolute atomic E-state index is 13.0. The third kappa shape index (κ3) is 3.43. The number of nitrogens with zero attached hydrogens (tertiary/aromatic N) is 4. The first kappa shape index (κ1) is 17.7. The first-order chi connectivity index (χ1) is 12.3. The van der Waals surface area contributed by atoms with Crippen molar-refractivity contribution in [2.24, 2.45) is 0 Å². The van der Waals surface area contributed by atoms with Crippen LogP contribution in [0, 0.1) is 6.92 Å². The van der Waals surface area contributed by atoms with Gasteiger partial charge in [0.25, 0.3) is 5.91 Å². The normalized spacial score (nSPS) is 19.2. The van der Waals surface area contributed by atoms with E-state index >= 15 is 0 Å². The fourth-order valence-electron chi connectivity index (χ4n) is 3.76. The Morgan fingerprint density at radius 2 is 1.85 bits per heavy atom. The van der Waals surface area contributed by atoms with E-state index in [-0.39, 0.29) is 11.4 Å². The molecule has 2 aromatic rings. The van der Waals surface area contributed by atoms with E-state index in [1.165, 1.54) is 28.4 Å². The Kier molecular flexibility index (Phi) is 4.41. The lowest BCUT2D eigenvalue weighted by Gasteiger charge is -2.30. The predicted molar refractivity (Wildman–Crippen MR) is 104 cm³/mol. The fourth-order valence-corrected chi connectivity index (χ4v) is 4.70. The highest BCUT2D eigenvalue weighted by molar-refractivity contribution is 7.11. The Balaban J connectivity index is 1.47. The molecule has 0 aromatic carbocycles. The van der Waals surface area contributed by atoms with Crippen molar-refractivity contribution >= 4 is 17.2 Å². The van der Waals surface area contributed by atoms with E-state index in [1.54, 1.807) is 11.3 Å². The summed E-state index contributed by atoms with van der Waals surface area (Å²) in [5, 5.41) is 5.94. The summed E-state index contributed by atoms with van der Waals surface area (Å²) in [5.74, 6) is 1.16. The lowest BCUT2D eigenvalue weighted by Crippen LogP contribution is -2.38. The molecule has 0 spiro atoms. The zero-order valence-electron chi connectivity index (χ0n) is 16.2. The van der Waals surface area contributed by atoms with Crippen LogP contribution in [0.25, 0.3) is 0 Å². The maximum Gasteiger partial charge on any atom is 0.274 e. The van der Waals surface area contributed by atoms with E-state index in [1.807, 2.05) is 17.2 Å². The Morgan fingerprint density at radius 1 is 1.15 bits per heavy atom. The van der Waals surface area contributed by atoms with Crippen LogP contribution in [0.5, 0.6) is 0 Å². The fraction of sp³-hybridized carbons (Fsp3) is 0.650. The van der Waals surface area contributed by atoms with Gasteiger partial charge in [0.05, 0.1) is 10.5 Å². The molecular formula is C20H28N4OS. The topological polar surface area (TPSA) is 51.0 Å². The van der Waals surface area contributed by atoms with Crippen molar-refractivity contribution in [3.63, 3.8) is 0 Å². The molecule has 4 rings (SSSR count). The number of carbonyl (C=O) groups is 1. The molecule has 5 nitrogen and oxygen atoms in total. The van der Waals surface area contributed by atoms with Gasteiger partial charge in [0.2, 0.25) is 0 Å². The quantitative estimate of drug-likeness (QED) is 0.807. The van der Waals surface area contributed by atoms with Crippen molar-refractivity contribution < 1.29 is 4.79 Å². The van der Waals surface area contributed by atoms with Crippen molar-refractivity contribution in [1.82, 2.24) is 19.7 Å². The molecule has 0 N–H and O–H groups in total. The molecule has 1 aliphatic heterocycles. The first-order valence-corrected chi connectivity index (χ1v) is 10.5. The van der Waals surface area contributed by atoms with Crippen LogP contribution in [0.2, 0.25) is 0 Å². The molecule has 0 unspecified atom stereocenters. The zero-order valence-corrected chi connectivity index (χ0v) is 17.0. The lowest BCUT2D eigenvalue weighted by molar-refractivity contribution is 0.0705. The number of hydrogen-bond donors (Lipinski definition) is 0. The number of aromatic nitrogens is 3. The summed E-state index contributed by atoms with van der Waals surface area (Å²) >= 11 is 1.79. The van der Waals surface area contributed by atoms with Crippen molar-refractivity contribution in [2.75, 3.05) is 13.1 Å². The van der Waals surface area contributed by atoms with Crippen molar-refractivity contribution in [3.05, 3.63) is 33.5 Å². The van der Waals surface area contributed by atoms with Crippen molar-refractivity contribution in [2.45, 2.75) is 70.8 Å². The van der Waals surface area contributed by atoms with Crippen LogP contribution in [-0.2, 0) is 5.54 Å². The molecule has 2 fully saturated rings. The number of likely N-dealkylation sites (tertiary alicyclic amines) is 1. The molecule has 1 saturated carbocycles. The summed E-state index contributed by atoms with van der Waals surface area (Å²) < 4.78 is 2.07. The SMILES string of the molecule is Cc1cnc(C2CCN(C(=O)c3cc(C4CC4)n(C(C)(C)C)n3)CC2)s1. The van der Waals surface area contributed by atoms with Crippen LogP contribution in [0.1, 0.15) is 84.4 Å². The minimum absolute atomic E-state index is 0.0867. The second-order valence-electron chi connectivity index (χ2n) is 8.69. The van der Waals surface area contributed by atoms with E-state index in [2.05, 4.69) is 37.4 Å². The van der Waals surface area contributed by atoms with E-state index in [9.17, 15) is 4.79 Å². The molecular weight excluding hydrogens is 344 g/mol. The monoisotopic (exact) mass is 372 g/mol. The molecule has 0 atom stereocenters. The minimum Gasteiger partial charge on any atom is -0.337 e. The molecule has 26 heavy (non-hydrogen) atoms. The number of piperidine rings is 1. The van der Waals surface area contributed by atoms with Gasteiger partial charge in [-0.15, -0.1) is 11.3 Å². The third-order valence-electron chi connectivity index (χ3n) is 5.36. The number of hydrogen-bond acceptors (Lipinski definition) is 4. The van der Waals surface area contributed by atoms with Gasteiger partial charge in [-0.25, -0.2) is 4.98 Å². The van der Waals surface area contributed by atoms with Gasteiger partial charge in [-0.3, -0.25) is 9.48 Å². The summed E-state index contributed by atoms with van der Waals surface area (Å²) in [6.45, 7) is 10.2. The number of thiazole rings is 1. The number of rotatable bonds is 3. The molecule has 2 aliphatic rings. The minimum atomic E-state index is -0.0911. The van der Waals surface area contributed by atoms with Gasteiger partial charge in [0.15, 0.2) is 5.69 Å². The van der Waals surface area contributed by atoms with E-state index in [4.69, 9.17) is 5.10 Å². The largest absolute Gasteiger partial charge is 0.337 e. The number of amides is 1. The van der Waals surface area contributed by atoms with E-state index in [0.29, 0.717) is 17.5 Å². The summed E-state index contributed by atoms with van der Waals surface area (Å²) in [7, 11) is 0. The van der Waals surface area contributed by atoms with Gasteiger partial charge in [-0.2, -0.15) is 5.10 Å². The molecule has 0 bridgehead atoms. The molecule has 3 heterocycles. The van der Waals surface area contributed by atoms with Gasteiger partial charge in [0, 0.05) is 41.7 Å². The van der Waals surface area contributed by atoms with Crippen molar-refractivity contribution in [3.8, 4) is 0 Å². The summed E-state index contributed by atoms with van der Waals surface area (Å²) in [6.07, 6.45) is 6.38. The summed E-state index contributed by atoms with van der Waals surface area (Å²) in [6, 6.07) is 2.04. The van der Waals surface area contributed by atoms with Crippen molar-refractivity contribution in [1.29, 1.82) is 0 Å². The lowest BCUT2D eigenvalue weighted by atomic mass is 9.97. The average molecular weight is 373 g/mol. The standard InChI is InChI=1S/C20H28N4OS/c1-13-12-21-18(26-13)15-7-9-23(10-8-15)19(25)16-11-17(14-5-6-14)24(22-16)20(2,3)4/h11-12,14-15H,5-10H2,1-4H3. The Labute approximate surface area is 159 Å². The molecule has 140 valence electrons. The zero-order chi connectivity index (χ0) is 18.5. The maximum atomic E-state index is 13.0. The second kappa shape index (κ2) is 6.48. The Bertz CT molecular complexity index is 804. The van der Waals surface area contributed by atoms with Gasteiger partial charge in [-0.05, 0) is 59.4 Å². The predicted octanol–water partition coefficient (Wildman–Crippen LogP) is 4.30. The average Bonchev–Trinajstić information content (AvgIpc) is 3.19. The highest BCUT2D eigenvalue weighted by Gasteiger charge is 2.34. The van der Waals surface area contributed by atoms with Gasteiger partial charge in [0.1, 0.15) is 0 Å². The first-order valence-electron chi connectivity index (χ1n) is 9.65. The van der Waals surface area contributed by atoms with Crippen LogP contribution in [0.3, 0.4) is 0 Å². The molecule has 0 radical (unpaired) electrons. The molecule has 1 amide bonds. The van der Waals surface area contributed by atoms with E-state index < -0.39 is 0 Å². The summed E-state index contributed by atoms with van der Waals surface area (Å²) in [5.41, 5.74) is 1.76. The van der Waals surface area contributed by atoms with Crippen LogP contribution >= 0.6 is 11.3 Å². The van der Waals surface area contributed by atoms with Gasteiger partial charge < -0.3 is 4.90 Å². The molecule has 1 aliphatic carbocycles. The molecule has 1 saturated heterocycles. The molecule has 2 aromatic heterocycles. The highest BCUT2D eigenvalue weighted by atomic mass is 32.1. The van der Waals surface area contributed by atoms with Crippen LogP contribution < -0.4 is 0 Å².